The van der Waals surface area contributed by atoms with Crippen molar-refractivity contribution < 1.29 is 9.53 Å². The Hall–Kier alpha value is -1.53. The highest BCUT2D eigenvalue weighted by Gasteiger charge is 2.33. The highest BCUT2D eigenvalue weighted by atomic mass is 16.5. The van der Waals surface area contributed by atoms with Gasteiger partial charge in [0.15, 0.2) is 0 Å². The highest BCUT2D eigenvalue weighted by Crippen LogP contribution is 2.20. The quantitative estimate of drug-likeness (QED) is 0.821. The maximum Gasteiger partial charge on any atom is 0.253 e. The van der Waals surface area contributed by atoms with E-state index in [1.54, 1.807) is 13.0 Å². The van der Waals surface area contributed by atoms with Gasteiger partial charge in [0.1, 0.15) is 0 Å². The molecule has 1 aromatic heterocycles. The number of hydrogen-bond donors (Lipinski definition) is 2. The van der Waals surface area contributed by atoms with E-state index in [0.29, 0.717) is 31.0 Å². The Morgan fingerprint density at radius 1 is 1.42 bits per heavy atom. The molecule has 0 aromatic carbocycles. The van der Waals surface area contributed by atoms with Crippen LogP contribution in [0.3, 0.4) is 0 Å². The van der Waals surface area contributed by atoms with Gasteiger partial charge in [-0.2, -0.15) is 10.2 Å². The topological polar surface area (TPSA) is 90.1 Å². The lowest BCUT2D eigenvalue weighted by Gasteiger charge is -2.37. The number of hydrogen-bond acceptors (Lipinski definition) is 5. The van der Waals surface area contributed by atoms with Gasteiger partial charge in [-0.25, -0.2) is 0 Å². The molecule has 1 fully saturated rings. The van der Waals surface area contributed by atoms with Crippen LogP contribution in [0.4, 0.5) is 0 Å². The molecular formula is C13H20N4O2. The molecule has 0 bridgehead atoms. The average molecular weight is 264 g/mol. The third-order valence-corrected chi connectivity index (χ3v) is 3.56. The van der Waals surface area contributed by atoms with Crippen LogP contribution in [0.25, 0.3) is 0 Å². The Morgan fingerprint density at radius 2 is 2.11 bits per heavy atom. The molecular weight excluding hydrogens is 244 g/mol. The Balaban J connectivity index is 2.17. The first-order chi connectivity index (χ1) is 9.06. The molecule has 0 spiro atoms. The van der Waals surface area contributed by atoms with Crippen molar-refractivity contribution in [2.45, 2.75) is 32.2 Å². The number of amides is 1. The van der Waals surface area contributed by atoms with Crippen molar-refractivity contribution in [3.05, 3.63) is 23.0 Å². The Kier molecular flexibility index (Phi) is 4.11. The van der Waals surface area contributed by atoms with E-state index in [0.717, 1.165) is 18.5 Å². The van der Waals surface area contributed by atoms with E-state index in [9.17, 15) is 4.79 Å². The van der Waals surface area contributed by atoms with Crippen LogP contribution in [0.5, 0.6) is 0 Å². The van der Waals surface area contributed by atoms with E-state index in [-0.39, 0.29) is 11.4 Å². The number of nitrogens with zero attached hydrogens (tertiary/aromatic N) is 2. The summed E-state index contributed by atoms with van der Waals surface area (Å²) in [5.74, 6) is -0.136. The second kappa shape index (κ2) is 5.63. The van der Waals surface area contributed by atoms with E-state index in [1.165, 1.54) is 0 Å². The van der Waals surface area contributed by atoms with Crippen molar-refractivity contribution in [1.82, 2.24) is 15.5 Å². The second-order valence-electron chi connectivity index (χ2n) is 5.04. The molecule has 104 valence electrons. The van der Waals surface area contributed by atoms with Crippen LogP contribution in [0.15, 0.2) is 6.07 Å². The Bertz CT molecular complexity index is 470. The van der Waals surface area contributed by atoms with Crippen LogP contribution in [-0.2, 0) is 4.74 Å². The van der Waals surface area contributed by atoms with Crippen LogP contribution < -0.4 is 11.1 Å². The van der Waals surface area contributed by atoms with Gasteiger partial charge in [-0.05, 0) is 32.8 Å². The highest BCUT2D eigenvalue weighted by molar-refractivity contribution is 5.95. The standard InChI is InChI=1S/C13H20N4O2/c1-9-7-11(10(2)17-16-9)12(18)15-13(8-14)3-5-19-6-4-13/h7H,3-6,8,14H2,1-2H3,(H,15,18). The molecule has 1 saturated heterocycles. The van der Waals surface area contributed by atoms with Crippen molar-refractivity contribution in [2.24, 2.45) is 5.73 Å². The average Bonchev–Trinajstić information content (AvgIpc) is 2.42. The van der Waals surface area contributed by atoms with Crippen LogP contribution in [0.1, 0.15) is 34.6 Å². The fourth-order valence-electron chi connectivity index (χ4n) is 2.23. The molecule has 0 saturated carbocycles. The Morgan fingerprint density at radius 3 is 2.74 bits per heavy atom. The van der Waals surface area contributed by atoms with E-state index in [4.69, 9.17) is 10.5 Å². The van der Waals surface area contributed by atoms with Crippen molar-refractivity contribution in [1.29, 1.82) is 0 Å². The minimum absolute atomic E-state index is 0.136. The SMILES string of the molecule is Cc1cc(C(=O)NC2(CN)CCOCC2)c(C)nn1. The fourth-order valence-corrected chi connectivity index (χ4v) is 2.23. The van der Waals surface area contributed by atoms with Crippen molar-refractivity contribution >= 4 is 5.91 Å². The summed E-state index contributed by atoms with van der Waals surface area (Å²) in [5.41, 5.74) is 7.39. The number of rotatable bonds is 3. The molecule has 1 aliphatic heterocycles. The van der Waals surface area contributed by atoms with Gasteiger partial charge in [-0.15, -0.1) is 0 Å². The smallest absolute Gasteiger partial charge is 0.253 e. The molecule has 0 radical (unpaired) electrons. The molecule has 6 heteroatoms. The zero-order valence-electron chi connectivity index (χ0n) is 11.4. The number of carbonyl (C=O) groups is 1. The molecule has 2 rings (SSSR count). The zero-order valence-corrected chi connectivity index (χ0v) is 11.4. The van der Waals surface area contributed by atoms with Crippen molar-refractivity contribution in [2.75, 3.05) is 19.8 Å². The number of aromatic nitrogens is 2. The monoisotopic (exact) mass is 264 g/mol. The summed E-state index contributed by atoms with van der Waals surface area (Å²) in [6.45, 7) is 5.27. The summed E-state index contributed by atoms with van der Waals surface area (Å²) >= 11 is 0. The lowest BCUT2D eigenvalue weighted by atomic mass is 9.89. The van der Waals surface area contributed by atoms with Gasteiger partial charge in [0.05, 0.1) is 22.5 Å². The number of nitrogens with two attached hydrogens (primary N) is 1. The predicted octanol–water partition coefficient (Wildman–Crippen LogP) is 0.331. The van der Waals surface area contributed by atoms with Gasteiger partial charge in [0.2, 0.25) is 0 Å². The summed E-state index contributed by atoms with van der Waals surface area (Å²) in [5, 5.41) is 11.0. The number of ether oxygens (including phenoxy) is 1. The Labute approximate surface area is 112 Å². The van der Waals surface area contributed by atoms with Gasteiger partial charge in [0, 0.05) is 19.8 Å². The second-order valence-corrected chi connectivity index (χ2v) is 5.04. The molecule has 0 atom stereocenters. The van der Waals surface area contributed by atoms with Gasteiger partial charge >= 0.3 is 0 Å². The predicted molar refractivity (Wildman–Crippen MR) is 70.8 cm³/mol. The van der Waals surface area contributed by atoms with Crippen LogP contribution in [0, 0.1) is 13.8 Å². The molecule has 1 aliphatic rings. The van der Waals surface area contributed by atoms with Crippen molar-refractivity contribution in [3.8, 4) is 0 Å². The summed E-state index contributed by atoms with van der Waals surface area (Å²) in [6.07, 6.45) is 1.48. The molecule has 1 amide bonds. The summed E-state index contributed by atoms with van der Waals surface area (Å²) in [7, 11) is 0. The number of aryl methyl sites for hydroxylation is 2. The molecule has 19 heavy (non-hydrogen) atoms. The maximum absolute atomic E-state index is 12.4. The minimum atomic E-state index is -0.362. The van der Waals surface area contributed by atoms with Gasteiger partial charge in [-0.1, -0.05) is 0 Å². The maximum atomic E-state index is 12.4. The third-order valence-electron chi connectivity index (χ3n) is 3.56. The van der Waals surface area contributed by atoms with Crippen LogP contribution in [0.2, 0.25) is 0 Å². The summed E-state index contributed by atoms with van der Waals surface area (Å²) in [4.78, 5) is 12.4. The fraction of sp³-hybridized carbons (Fsp3) is 0.615. The normalized spacial score (nSPS) is 18.1. The summed E-state index contributed by atoms with van der Waals surface area (Å²) < 4.78 is 5.33. The lowest BCUT2D eigenvalue weighted by Crippen LogP contribution is -2.56. The number of carbonyl (C=O) groups excluding carboxylic acids is 1. The lowest BCUT2D eigenvalue weighted by molar-refractivity contribution is 0.0388. The third kappa shape index (κ3) is 3.08. The molecule has 0 aliphatic carbocycles. The molecule has 2 heterocycles. The number of nitrogens with one attached hydrogen (secondary N) is 1. The minimum Gasteiger partial charge on any atom is -0.381 e. The van der Waals surface area contributed by atoms with Crippen LogP contribution >= 0.6 is 0 Å². The molecule has 3 N–H and O–H groups in total. The van der Waals surface area contributed by atoms with Gasteiger partial charge < -0.3 is 15.8 Å². The first-order valence-electron chi connectivity index (χ1n) is 6.47. The van der Waals surface area contributed by atoms with E-state index >= 15 is 0 Å². The van der Waals surface area contributed by atoms with Crippen molar-refractivity contribution in [3.63, 3.8) is 0 Å². The van der Waals surface area contributed by atoms with Gasteiger partial charge in [-0.3, -0.25) is 4.79 Å². The zero-order chi connectivity index (χ0) is 13.9. The van der Waals surface area contributed by atoms with E-state index < -0.39 is 0 Å². The molecule has 6 nitrogen and oxygen atoms in total. The molecule has 1 aromatic rings. The van der Waals surface area contributed by atoms with E-state index in [1.807, 2.05) is 6.92 Å². The van der Waals surface area contributed by atoms with Crippen LogP contribution in [-0.4, -0.2) is 41.4 Å². The first kappa shape index (κ1) is 13.9. The van der Waals surface area contributed by atoms with E-state index in [2.05, 4.69) is 15.5 Å². The van der Waals surface area contributed by atoms with Gasteiger partial charge in [0.25, 0.3) is 5.91 Å². The molecule has 0 unspecified atom stereocenters. The summed E-state index contributed by atoms with van der Waals surface area (Å²) in [6, 6.07) is 1.75. The largest absolute Gasteiger partial charge is 0.381 e. The first-order valence-corrected chi connectivity index (χ1v) is 6.47.